The molecule has 7 heteroatoms. The zero-order valence-electron chi connectivity index (χ0n) is 17.6. The maximum atomic E-state index is 13.7. The average Bonchev–Trinajstić information content (AvgIpc) is 3.07. The Morgan fingerprint density at radius 3 is 2.26 bits per heavy atom. The summed E-state index contributed by atoms with van der Waals surface area (Å²) in [5, 5.41) is 0.522. The van der Waals surface area contributed by atoms with E-state index >= 15 is 0 Å². The van der Waals surface area contributed by atoms with Crippen molar-refractivity contribution in [2.24, 2.45) is 5.92 Å². The first-order valence-corrected chi connectivity index (χ1v) is 11.2. The van der Waals surface area contributed by atoms with E-state index in [-0.39, 0.29) is 5.56 Å². The van der Waals surface area contributed by atoms with Crippen molar-refractivity contribution in [2.45, 2.75) is 33.7 Å². The Hall–Kier alpha value is -3.06. The highest BCUT2D eigenvalue weighted by Gasteiger charge is 2.22. The van der Waals surface area contributed by atoms with Gasteiger partial charge in [-0.25, -0.2) is 15.0 Å². The Morgan fingerprint density at radius 2 is 1.61 bits per heavy atom. The summed E-state index contributed by atoms with van der Waals surface area (Å²) in [4.78, 5) is 28.5. The molecule has 0 fully saturated rings. The van der Waals surface area contributed by atoms with Gasteiger partial charge in [0.05, 0.1) is 11.0 Å². The van der Waals surface area contributed by atoms with Crippen molar-refractivity contribution in [1.29, 1.82) is 0 Å². The van der Waals surface area contributed by atoms with Gasteiger partial charge in [0.15, 0.2) is 11.3 Å². The second-order valence-electron chi connectivity index (χ2n) is 8.09. The minimum Gasteiger partial charge on any atom is -0.296 e. The quantitative estimate of drug-likeness (QED) is 0.355. The lowest BCUT2D eigenvalue weighted by Gasteiger charge is -2.14. The minimum absolute atomic E-state index is 0.0546. The van der Waals surface area contributed by atoms with Crippen molar-refractivity contribution in [3.8, 4) is 5.69 Å². The zero-order valence-corrected chi connectivity index (χ0v) is 19.2. The molecular weight excluding hydrogens is 454 g/mol. The van der Waals surface area contributed by atoms with Gasteiger partial charge in [-0.3, -0.25) is 13.9 Å². The second kappa shape index (κ2) is 7.57. The molecule has 3 heterocycles. The van der Waals surface area contributed by atoms with Crippen LogP contribution in [-0.2, 0) is 13.0 Å². The van der Waals surface area contributed by atoms with Gasteiger partial charge in [0, 0.05) is 23.1 Å². The topological polar surface area (TPSA) is 65.6 Å². The predicted molar refractivity (Wildman–Crippen MR) is 128 cm³/mol. The summed E-state index contributed by atoms with van der Waals surface area (Å²) in [6.07, 6.45) is 0.669. The first kappa shape index (κ1) is 19.9. The fourth-order valence-corrected chi connectivity index (χ4v) is 4.29. The molecule has 0 aliphatic rings. The minimum atomic E-state index is -0.0546. The summed E-state index contributed by atoms with van der Waals surface area (Å²) in [6, 6.07) is 15.7. The van der Waals surface area contributed by atoms with E-state index < -0.39 is 0 Å². The summed E-state index contributed by atoms with van der Waals surface area (Å²) in [7, 11) is 0. The van der Waals surface area contributed by atoms with Gasteiger partial charge in [0.25, 0.3) is 5.56 Å². The number of fused-ring (bicyclic) bond motifs is 4. The van der Waals surface area contributed by atoms with Crippen LogP contribution in [-0.4, -0.2) is 24.1 Å². The van der Waals surface area contributed by atoms with Crippen molar-refractivity contribution in [2.75, 3.05) is 0 Å². The molecule has 0 amide bonds. The maximum absolute atomic E-state index is 13.7. The highest BCUT2D eigenvalue weighted by Crippen LogP contribution is 2.29. The molecule has 0 saturated heterocycles. The highest BCUT2D eigenvalue weighted by atomic mass is 79.9. The zero-order chi connectivity index (χ0) is 21.7. The van der Waals surface area contributed by atoms with E-state index in [1.165, 1.54) is 0 Å². The molecule has 0 spiro atoms. The number of hydrogen-bond donors (Lipinski definition) is 0. The van der Waals surface area contributed by atoms with E-state index in [9.17, 15) is 4.79 Å². The Labute approximate surface area is 187 Å². The fraction of sp³-hybridized carbons (Fsp3) is 0.250. The van der Waals surface area contributed by atoms with Crippen LogP contribution in [0.25, 0.3) is 38.9 Å². The lowest BCUT2D eigenvalue weighted by atomic mass is 10.2. The smallest absolute Gasteiger partial charge is 0.265 e. The normalized spacial score (nSPS) is 11.9. The van der Waals surface area contributed by atoms with Gasteiger partial charge in [0.2, 0.25) is 0 Å². The van der Waals surface area contributed by atoms with E-state index in [1.807, 2.05) is 60.0 Å². The summed E-state index contributed by atoms with van der Waals surface area (Å²) >= 11 is 3.50. The van der Waals surface area contributed by atoms with E-state index in [4.69, 9.17) is 15.0 Å². The molecule has 0 saturated carbocycles. The molecule has 0 radical (unpaired) electrons. The number of hydrogen-bond acceptors (Lipinski definition) is 4. The van der Waals surface area contributed by atoms with Crippen molar-refractivity contribution in [3.05, 3.63) is 69.2 Å². The molecule has 2 aromatic carbocycles. The third kappa shape index (κ3) is 3.24. The molecule has 3 aromatic heterocycles. The van der Waals surface area contributed by atoms with Gasteiger partial charge >= 0.3 is 0 Å². The third-order valence-electron chi connectivity index (χ3n) is 5.39. The molecule has 0 unspecified atom stereocenters. The molecule has 0 N–H and O–H groups in total. The van der Waals surface area contributed by atoms with Gasteiger partial charge in [-0.2, -0.15) is 0 Å². The summed E-state index contributed by atoms with van der Waals surface area (Å²) in [5.41, 5.74) is 4.23. The van der Waals surface area contributed by atoms with Crippen LogP contribution in [0.2, 0.25) is 0 Å². The van der Waals surface area contributed by atoms with Gasteiger partial charge in [-0.15, -0.1) is 0 Å². The second-order valence-corrected chi connectivity index (χ2v) is 9.00. The molecule has 5 aromatic rings. The van der Waals surface area contributed by atoms with Crippen molar-refractivity contribution < 1.29 is 0 Å². The molecule has 31 heavy (non-hydrogen) atoms. The number of aromatic nitrogens is 5. The van der Waals surface area contributed by atoms with Crippen LogP contribution >= 0.6 is 15.9 Å². The van der Waals surface area contributed by atoms with E-state index in [0.717, 1.165) is 27.0 Å². The number of benzene rings is 2. The SMILES string of the molecule is CCc1nc2c(c(=O)n1CC(C)C)c1nc3ccccc3nc1n2-c1ccc(Br)cc1. The lowest BCUT2D eigenvalue weighted by molar-refractivity contribution is 0.491. The van der Waals surface area contributed by atoms with Gasteiger partial charge in [0.1, 0.15) is 16.7 Å². The predicted octanol–water partition coefficient (Wildman–Crippen LogP) is 5.26. The molecule has 6 nitrogen and oxygen atoms in total. The van der Waals surface area contributed by atoms with Crippen LogP contribution in [0.3, 0.4) is 0 Å². The van der Waals surface area contributed by atoms with Crippen LogP contribution in [0.15, 0.2) is 57.8 Å². The number of halogens is 1. The number of nitrogens with zero attached hydrogens (tertiary/aromatic N) is 5. The molecular formula is C24H22BrN5O. The summed E-state index contributed by atoms with van der Waals surface area (Å²) in [5.74, 6) is 1.10. The Bertz CT molecular complexity index is 1500. The molecule has 0 aliphatic heterocycles. The summed E-state index contributed by atoms with van der Waals surface area (Å²) < 4.78 is 4.74. The Kier molecular flexibility index (Phi) is 4.85. The number of aryl methyl sites for hydroxylation is 1. The third-order valence-corrected chi connectivity index (χ3v) is 5.92. The number of rotatable bonds is 4. The average molecular weight is 476 g/mol. The highest BCUT2D eigenvalue weighted by molar-refractivity contribution is 9.10. The number of para-hydroxylation sites is 2. The van der Waals surface area contributed by atoms with Crippen LogP contribution < -0.4 is 5.56 Å². The van der Waals surface area contributed by atoms with Crippen LogP contribution in [0.5, 0.6) is 0 Å². The van der Waals surface area contributed by atoms with Crippen molar-refractivity contribution >= 4 is 49.2 Å². The lowest BCUT2D eigenvalue weighted by Crippen LogP contribution is -2.27. The van der Waals surface area contributed by atoms with Crippen LogP contribution in [0.4, 0.5) is 0 Å². The van der Waals surface area contributed by atoms with Crippen LogP contribution in [0, 0.1) is 5.92 Å². The largest absolute Gasteiger partial charge is 0.296 e. The first-order chi connectivity index (χ1) is 15.0. The monoisotopic (exact) mass is 475 g/mol. The first-order valence-electron chi connectivity index (χ1n) is 10.4. The Balaban J connectivity index is 1.99. The maximum Gasteiger partial charge on any atom is 0.265 e. The standard InChI is InChI=1S/C24H22BrN5O/c1-4-19-28-22-20(24(31)29(19)13-14(2)3)21-23(27-18-8-6-5-7-17(18)26-21)30(22)16-11-9-15(25)10-12-16/h5-12,14H,4,13H2,1-3H3. The molecule has 5 rings (SSSR count). The van der Waals surface area contributed by atoms with Gasteiger partial charge < -0.3 is 0 Å². The van der Waals surface area contributed by atoms with Crippen molar-refractivity contribution in [3.63, 3.8) is 0 Å². The van der Waals surface area contributed by atoms with E-state index in [0.29, 0.717) is 41.1 Å². The van der Waals surface area contributed by atoms with E-state index in [2.05, 4.69) is 29.8 Å². The Morgan fingerprint density at radius 1 is 0.935 bits per heavy atom. The fourth-order valence-electron chi connectivity index (χ4n) is 4.03. The van der Waals surface area contributed by atoms with E-state index in [1.54, 1.807) is 4.57 Å². The van der Waals surface area contributed by atoms with Gasteiger partial charge in [-0.05, 0) is 42.3 Å². The van der Waals surface area contributed by atoms with Gasteiger partial charge in [-0.1, -0.05) is 48.8 Å². The van der Waals surface area contributed by atoms with Crippen molar-refractivity contribution in [1.82, 2.24) is 24.1 Å². The molecule has 0 bridgehead atoms. The molecule has 156 valence electrons. The van der Waals surface area contributed by atoms with Crippen LogP contribution in [0.1, 0.15) is 26.6 Å². The molecule has 0 atom stereocenters. The summed E-state index contributed by atoms with van der Waals surface area (Å²) in [6.45, 7) is 6.86. The molecule has 0 aliphatic carbocycles.